The quantitative estimate of drug-likeness (QED) is 0.666. The summed E-state index contributed by atoms with van der Waals surface area (Å²) in [6, 6.07) is 17.6. The summed E-state index contributed by atoms with van der Waals surface area (Å²) in [4.78, 5) is 0. The first-order chi connectivity index (χ1) is 7.29. The molecule has 0 aliphatic carbocycles. The third-order valence-electron chi connectivity index (χ3n) is 2.27. The van der Waals surface area contributed by atoms with Crippen LogP contribution in [0.25, 0.3) is 0 Å². The summed E-state index contributed by atoms with van der Waals surface area (Å²) in [6.45, 7) is 0. The van der Waals surface area contributed by atoms with Crippen LogP contribution in [-0.2, 0) is 0 Å². The lowest BCUT2D eigenvalue weighted by molar-refractivity contribution is 1.14. The highest BCUT2D eigenvalue weighted by Crippen LogP contribution is 2.32. The molecule has 0 bridgehead atoms. The van der Waals surface area contributed by atoms with Crippen molar-refractivity contribution in [3.05, 3.63) is 70.7 Å². The molecule has 2 aromatic carbocycles. The monoisotopic (exact) mass is 236 g/mol. The molecule has 0 spiro atoms. The van der Waals surface area contributed by atoms with E-state index in [4.69, 9.17) is 23.2 Å². The summed E-state index contributed by atoms with van der Waals surface area (Å²) < 4.78 is 0. The van der Waals surface area contributed by atoms with Gasteiger partial charge in [-0.15, -0.1) is 11.6 Å². The van der Waals surface area contributed by atoms with Crippen LogP contribution in [0.3, 0.4) is 0 Å². The highest BCUT2D eigenvalue weighted by Gasteiger charge is 2.12. The summed E-state index contributed by atoms with van der Waals surface area (Å²) in [5.74, 6) is 0. The Morgan fingerprint density at radius 3 is 2.07 bits per heavy atom. The smallest absolute Gasteiger partial charge is 0.0849 e. The van der Waals surface area contributed by atoms with Crippen LogP contribution in [0.5, 0.6) is 0 Å². The van der Waals surface area contributed by atoms with E-state index in [2.05, 4.69) is 0 Å². The molecule has 0 aliphatic rings. The van der Waals surface area contributed by atoms with Crippen LogP contribution < -0.4 is 0 Å². The lowest BCUT2D eigenvalue weighted by Crippen LogP contribution is -1.93. The average molecular weight is 237 g/mol. The summed E-state index contributed by atoms with van der Waals surface area (Å²) in [5.41, 5.74) is 2.01. The van der Waals surface area contributed by atoms with Crippen molar-refractivity contribution in [1.82, 2.24) is 0 Å². The first-order valence-electron chi connectivity index (χ1n) is 4.72. The maximum absolute atomic E-state index is 6.35. The minimum Gasteiger partial charge on any atom is -0.113 e. The van der Waals surface area contributed by atoms with Crippen LogP contribution in [0.15, 0.2) is 54.6 Å². The number of halogens is 2. The standard InChI is InChI=1S/C13H10Cl2/c14-12-9-5-4-8-11(12)13(15)10-6-2-1-3-7-10/h1-9,13H/t13-/m1/s1. The Labute approximate surface area is 99.5 Å². The van der Waals surface area contributed by atoms with E-state index in [1.165, 1.54) is 0 Å². The van der Waals surface area contributed by atoms with Crippen molar-refractivity contribution in [2.75, 3.05) is 0 Å². The molecule has 0 saturated carbocycles. The normalized spacial score (nSPS) is 12.4. The van der Waals surface area contributed by atoms with E-state index in [1.54, 1.807) is 0 Å². The van der Waals surface area contributed by atoms with E-state index >= 15 is 0 Å². The molecule has 1 atom stereocenters. The van der Waals surface area contributed by atoms with Gasteiger partial charge in [-0.3, -0.25) is 0 Å². The second kappa shape index (κ2) is 4.69. The molecule has 0 unspecified atom stereocenters. The fourth-order valence-corrected chi connectivity index (χ4v) is 2.12. The van der Waals surface area contributed by atoms with Crippen molar-refractivity contribution in [2.24, 2.45) is 0 Å². The highest BCUT2D eigenvalue weighted by molar-refractivity contribution is 6.33. The number of rotatable bonds is 2. The third kappa shape index (κ3) is 2.34. The molecule has 2 aromatic rings. The van der Waals surface area contributed by atoms with Gasteiger partial charge in [0.05, 0.1) is 5.38 Å². The van der Waals surface area contributed by atoms with Crippen LogP contribution in [0, 0.1) is 0 Å². The average Bonchev–Trinajstić information content (AvgIpc) is 2.30. The zero-order valence-electron chi connectivity index (χ0n) is 8.03. The number of benzene rings is 2. The summed E-state index contributed by atoms with van der Waals surface area (Å²) in [6.07, 6.45) is 0. The predicted molar refractivity (Wildman–Crippen MR) is 65.6 cm³/mol. The van der Waals surface area contributed by atoms with Gasteiger partial charge in [0, 0.05) is 5.02 Å². The zero-order chi connectivity index (χ0) is 10.7. The Kier molecular flexibility index (Phi) is 3.30. The van der Waals surface area contributed by atoms with Gasteiger partial charge in [0.2, 0.25) is 0 Å². The molecule has 0 saturated heterocycles. The number of hydrogen-bond acceptors (Lipinski definition) is 0. The summed E-state index contributed by atoms with van der Waals surface area (Å²) in [5, 5.41) is 0.529. The zero-order valence-corrected chi connectivity index (χ0v) is 9.54. The molecule has 0 fully saturated rings. The SMILES string of the molecule is Clc1ccccc1[C@H](Cl)c1ccccc1. The largest absolute Gasteiger partial charge is 0.113 e. The molecule has 0 radical (unpaired) electrons. The molecule has 0 aliphatic heterocycles. The molecular formula is C13H10Cl2. The lowest BCUT2D eigenvalue weighted by atomic mass is 10.0. The molecule has 15 heavy (non-hydrogen) atoms. The van der Waals surface area contributed by atoms with Crippen LogP contribution in [-0.4, -0.2) is 0 Å². The molecule has 0 heterocycles. The van der Waals surface area contributed by atoms with Crippen molar-refractivity contribution < 1.29 is 0 Å². The lowest BCUT2D eigenvalue weighted by Gasteiger charge is -2.11. The Hall–Kier alpha value is -0.980. The molecular weight excluding hydrogens is 227 g/mol. The molecule has 0 aromatic heterocycles. The summed E-state index contributed by atoms with van der Waals surface area (Å²) in [7, 11) is 0. The van der Waals surface area contributed by atoms with Gasteiger partial charge in [0.15, 0.2) is 0 Å². The van der Waals surface area contributed by atoms with Gasteiger partial charge in [-0.25, -0.2) is 0 Å². The van der Waals surface area contributed by atoms with Gasteiger partial charge in [0.1, 0.15) is 0 Å². The van der Waals surface area contributed by atoms with Crippen molar-refractivity contribution in [3.8, 4) is 0 Å². The first-order valence-corrected chi connectivity index (χ1v) is 5.54. The van der Waals surface area contributed by atoms with E-state index in [0.29, 0.717) is 5.02 Å². The minimum atomic E-state index is -0.181. The Morgan fingerprint density at radius 1 is 0.800 bits per heavy atom. The van der Waals surface area contributed by atoms with Crippen LogP contribution >= 0.6 is 23.2 Å². The van der Waals surface area contributed by atoms with E-state index in [9.17, 15) is 0 Å². The number of hydrogen-bond donors (Lipinski definition) is 0. The van der Waals surface area contributed by atoms with Gasteiger partial charge in [-0.05, 0) is 17.2 Å². The topological polar surface area (TPSA) is 0 Å². The number of alkyl halides is 1. The summed E-state index contributed by atoms with van der Waals surface area (Å²) >= 11 is 12.4. The second-order valence-electron chi connectivity index (χ2n) is 3.29. The van der Waals surface area contributed by atoms with Crippen molar-refractivity contribution in [3.63, 3.8) is 0 Å². The van der Waals surface area contributed by atoms with Crippen LogP contribution in [0.4, 0.5) is 0 Å². The fraction of sp³-hybridized carbons (Fsp3) is 0.0769. The van der Waals surface area contributed by atoms with Gasteiger partial charge in [-0.2, -0.15) is 0 Å². The van der Waals surface area contributed by atoms with E-state index < -0.39 is 0 Å². The van der Waals surface area contributed by atoms with E-state index in [1.807, 2.05) is 54.6 Å². The van der Waals surface area contributed by atoms with Crippen LogP contribution in [0.1, 0.15) is 16.5 Å². The molecule has 0 nitrogen and oxygen atoms in total. The molecule has 0 N–H and O–H groups in total. The van der Waals surface area contributed by atoms with Gasteiger partial charge >= 0.3 is 0 Å². The molecule has 76 valence electrons. The maximum atomic E-state index is 6.35. The first kappa shape index (κ1) is 10.5. The van der Waals surface area contributed by atoms with Crippen molar-refractivity contribution >= 4 is 23.2 Å². The van der Waals surface area contributed by atoms with Crippen LogP contribution in [0.2, 0.25) is 5.02 Å². The molecule has 0 amide bonds. The highest BCUT2D eigenvalue weighted by atomic mass is 35.5. The Balaban J connectivity index is 2.37. The van der Waals surface area contributed by atoms with E-state index in [0.717, 1.165) is 11.1 Å². The molecule has 2 heteroatoms. The second-order valence-corrected chi connectivity index (χ2v) is 4.14. The van der Waals surface area contributed by atoms with Crippen molar-refractivity contribution in [2.45, 2.75) is 5.38 Å². The fourth-order valence-electron chi connectivity index (χ4n) is 1.48. The third-order valence-corrected chi connectivity index (χ3v) is 3.10. The Bertz CT molecular complexity index is 437. The Morgan fingerprint density at radius 2 is 1.40 bits per heavy atom. The molecule has 2 rings (SSSR count). The van der Waals surface area contributed by atoms with Gasteiger partial charge in [-0.1, -0.05) is 60.1 Å². The maximum Gasteiger partial charge on any atom is 0.0849 e. The minimum absolute atomic E-state index is 0.181. The predicted octanol–water partition coefficient (Wildman–Crippen LogP) is 4.67. The van der Waals surface area contributed by atoms with Gasteiger partial charge < -0.3 is 0 Å². The van der Waals surface area contributed by atoms with E-state index in [-0.39, 0.29) is 5.38 Å². The van der Waals surface area contributed by atoms with Crippen molar-refractivity contribution in [1.29, 1.82) is 0 Å². The van der Waals surface area contributed by atoms with Gasteiger partial charge in [0.25, 0.3) is 0 Å².